The molecule has 0 aliphatic carbocycles. The van der Waals surface area contributed by atoms with Gasteiger partial charge in [-0.3, -0.25) is 15.0 Å². The average Bonchev–Trinajstić information content (AvgIpc) is 2.60. The molecule has 106 valence electrons. The lowest BCUT2D eigenvalue weighted by molar-refractivity contribution is 0.111. The van der Waals surface area contributed by atoms with E-state index < -0.39 is 0 Å². The van der Waals surface area contributed by atoms with Gasteiger partial charge >= 0.3 is 0 Å². The summed E-state index contributed by atoms with van der Waals surface area (Å²) < 4.78 is 0. The van der Waals surface area contributed by atoms with Gasteiger partial charge in [-0.1, -0.05) is 48.5 Å². The lowest BCUT2D eigenvalue weighted by atomic mass is 9.96. The Morgan fingerprint density at radius 2 is 1.55 bits per heavy atom. The minimum absolute atomic E-state index is 0.325. The van der Waals surface area contributed by atoms with Gasteiger partial charge < -0.3 is 0 Å². The lowest BCUT2D eigenvalue weighted by Gasteiger charge is -2.08. The van der Waals surface area contributed by atoms with Crippen LogP contribution in [0.25, 0.3) is 10.8 Å². The zero-order valence-corrected chi connectivity index (χ0v) is 11.7. The van der Waals surface area contributed by atoms with Crippen LogP contribution in [0.1, 0.15) is 31.8 Å². The predicted octanol–water partition coefficient (Wildman–Crippen LogP) is 3.88. The Hall–Kier alpha value is -3.07. The van der Waals surface area contributed by atoms with Crippen molar-refractivity contribution in [1.82, 2.24) is 0 Å². The first-order valence-corrected chi connectivity index (χ1v) is 6.85. The SMILES string of the molecule is N=C(c1ccc(C=O)cc1)c1cc(C=O)c2ccccc2c1. The van der Waals surface area contributed by atoms with E-state index in [2.05, 4.69) is 0 Å². The molecule has 0 amide bonds. The van der Waals surface area contributed by atoms with Crippen LogP contribution in [0.3, 0.4) is 0 Å². The third-order valence-corrected chi connectivity index (χ3v) is 3.64. The molecule has 3 rings (SSSR count). The van der Waals surface area contributed by atoms with E-state index in [-0.39, 0.29) is 0 Å². The van der Waals surface area contributed by atoms with E-state index in [1.54, 1.807) is 30.3 Å². The summed E-state index contributed by atoms with van der Waals surface area (Å²) in [6, 6.07) is 18.1. The molecule has 0 spiro atoms. The Bertz CT molecular complexity index is 880. The Balaban J connectivity index is 2.10. The number of aldehydes is 2. The Morgan fingerprint density at radius 1 is 0.818 bits per heavy atom. The molecule has 3 aromatic carbocycles. The summed E-state index contributed by atoms with van der Waals surface area (Å²) in [6.45, 7) is 0. The highest BCUT2D eigenvalue weighted by Crippen LogP contribution is 2.22. The highest BCUT2D eigenvalue weighted by atomic mass is 16.1. The van der Waals surface area contributed by atoms with Gasteiger partial charge in [0.25, 0.3) is 0 Å². The lowest BCUT2D eigenvalue weighted by Crippen LogP contribution is -2.03. The van der Waals surface area contributed by atoms with E-state index in [1.165, 1.54) is 0 Å². The molecule has 0 bridgehead atoms. The van der Waals surface area contributed by atoms with Gasteiger partial charge in [0.15, 0.2) is 6.29 Å². The van der Waals surface area contributed by atoms with Crippen LogP contribution in [-0.4, -0.2) is 18.3 Å². The fraction of sp³-hybridized carbons (Fsp3) is 0. The molecule has 0 radical (unpaired) electrons. The van der Waals surface area contributed by atoms with Crippen molar-refractivity contribution < 1.29 is 9.59 Å². The molecule has 0 unspecified atom stereocenters. The van der Waals surface area contributed by atoms with Crippen molar-refractivity contribution in [2.24, 2.45) is 0 Å². The zero-order valence-electron chi connectivity index (χ0n) is 11.7. The molecular formula is C19H13NO2. The molecule has 0 aliphatic heterocycles. The van der Waals surface area contributed by atoms with Crippen molar-refractivity contribution in [3.05, 3.63) is 82.9 Å². The highest BCUT2D eigenvalue weighted by molar-refractivity contribution is 6.14. The smallest absolute Gasteiger partial charge is 0.150 e. The molecule has 0 fully saturated rings. The number of rotatable bonds is 4. The van der Waals surface area contributed by atoms with Gasteiger partial charge in [-0.05, 0) is 22.9 Å². The van der Waals surface area contributed by atoms with Crippen molar-refractivity contribution in [1.29, 1.82) is 5.41 Å². The van der Waals surface area contributed by atoms with Gasteiger partial charge in [0.2, 0.25) is 0 Å². The summed E-state index contributed by atoms with van der Waals surface area (Å²) >= 11 is 0. The third kappa shape index (κ3) is 2.44. The van der Waals surface area contributed by atoms with Crippen molar-refractivity contribution in [3.8, 4) is 0 Å². The highest BCUT2D eigenvalue weighted by Gasteiger charge is 2.09. The quantitative estimate of drug-likeness (QED) is 0.584. The molecule has 0 aliphatic rings. The molecule has 22 heavy (non-hydrogen) atoms. The number of hydrogen-bond donors (Lipinski definition) is 1. The maximum atomic E-state index is 11.3. The summed E-state index contributed by atoms with van der Waals surface area (Å²) in [6.07, 6.45) is 1.59. The maximum absolute atomic E-state index is 11.3. The Morgan fingerprint density at radius 3 is 2.23 bits per heavy atom. The summed E-state index contributed by atoms with van der Waals surface area (Å²) in [5.41, 5.74) is 2.86. The van der Waals surface area contributed by atoms with Crippen LogP contribution in [0.2, 0.25) is 0 Å². The maximum Gasteiger partial charge on any atom is 0.150 e. The van der Waals surface area contributed by atoms with Crippen LogP contribution >= 0.6 is 0 Å². The summed E-state index contributed by atoms with van der Waals surface area (Å²) in [4.78, 5) is 22.0. The van der Waals surface area contributed by atoms with E-state index in [0.717, 1.165) is 23.3 Å². The summed E-state index contributed by atoms with van der Waals surface area (Å²) in [5, 5.41) is 10.1. The first kappa shape index (κ1) is 13.9. The first-order chi connectivity index (χ1) is 10.7. The Labute approximate surface area is 127 Å². The number of carbonyl (C=O) groups excluding carboxylic acids is 2. The topological polar surface area (TPSA) is 58.0 Å². The second-order valence-corrected chi connectivity index (χ2v) is 5.02. The largest absolute Gasteiger partial charge is 0.300 e. The van der Waals surface area contributed by atoms with Gasteiger partial charge in [0.1, 0.15) is 6.29 Å². The van der Waals surface area contributed by atoms with Crippen LogP contribution in [0.15, 0.2) is 60.7 Å². The number of hydrogen-bond acceptors (Lipinski definition) is 3. The van der Waals surface area contributed by atoms with E-state index in [0.29, 0.717) is 28.0 Å². The monoisotopic (exact) mass is 287 g/mol. The standard InChI is InChI=1S/C19H13NO2/c20-19(14-7-5-13(11-21)6-8-14)16-9-15-3-1-2-4-18(15)17(10-16)12-22/h1-12,20H. The number of nitrogens with one attached hydrogen (secondary N) is 1. The van der Waals surface area contributed by atoms with Crippen LogP contribution in [0.5, 0.6) is 0 Å². The molecule has 0 saturated carbocycles. The van der Waals surface area contributed by atoms with Crippen LogP contribution in [0.4, 0.5) is 0 Å². The minimum atomic E-state index is 0.325. The fourth-order valence-electron chi connectivity index (χ4n) is 2.48. The molecule has 0 heterocycles. The molecular weight excluding hydrogens is 274 g/mol. The van der Waals surface area contributed by atoms with Crippen molar-refractivity contribution in [2.45, 2.75) is 0 Å². The molecule has 0 atom stereocenters. The number of benzene rings is 3. The predicted molar refractivity (Wildman–Crippen MR) is 87.1 cm³/mol. The van der Waals surface area contributed by atoms with Crippen LogP contribution in [-0.2, 0) is 0 Å². The molecule has 3 nitrogen and oxygen atoms in total. The van der Waals surface area contributed by atoms with Gasteiger partial charge in [-0.15, -0.1) is 0 Å². The van der Waals surface area contributed by atoms with Crippen LogP contribution < -0.4 is 0 Å². The van der Waals surface area contributed by atoms with Gasteiger partial charge in [-0.25, -0.2) is 0 Å². The van der Waals surface area contributed by atoms with Gasteiger partial charge in [0.05, 0.1) is 5.71 Å². The van der Waals surface area contributed by atoms with E-state index in [4.69, 9.17) is 5.41 Å². The second-order valence-electron chi connectivity index (χ2n) is 5.02. The van der Waals surface area contributed by atoms with Crippen molar-refractivity contribution >= 4 is 29.1 Å². The molecule has 3 heteroatoms. The molecule has 3 aromatic rings. The summed E-state index contributed by atoms with van der Waals surface area (Å²) in [5.74, 6) is 0. The molecule has 0 aromatic heterocycles. The summed E-state index contributed by atoms with van der Waals surface area (Å²) in [7, 11) is 0. The zero-order chi connectivity index (χ0) is 15.5. The van der Waals surface area contributed by atoms with Crippen molar-refractivity contribution in [3.63, 3.8) is 0 Å². The van der Waals surface area contributed by atoms with Crippen molar-refractivity contribution in [2.75, 3.05) is 0 Å². The fourth-order valence-corrected chi connectivity index (χ4v) is 2.48. The number of fused-ring (bicyclic) bond motifs is 1. The van der Waals surface area contributed by atoms with E-state index in [9.17, 15) is 9.59 Å². The van der Waals surface area contributed by atoms with Gasteiger partial charge in [-0.2, -0.15) is 0 Å². The van der Waals surface area contributed by atoms with E-state index in [1.807, 2.05) is 30.3 Å². The van der Waals surface area contributed by atoms with E-state index >= 15 is 0 Å². The van der Waals surface area contributed by atoms with Gasteiger partial charge in [0, 0.05) is 22.3 Å². The molecule has 1 N–H and O–H groups in total. The normalized spacial score (nSPS) is 10.4. The number of carbonyl (C=O) groups is 2. The Kier molecular flexibility index (Phi) is 3.62. The van der Waals surface area contributed by atoms with Crippen LogP contribution in [0, 0.1) is 5.41 Å². The third-order valence-electron chi connectivity index (χ3n) is 3.64. The second kappa shape index (κ2) is 5.74. The minimum Gasteiger partial charge on any atom is -0.300 e. The first-order valence-electron chi connectivity index (χ1n) is 6.85. The average molecular weight is 287 g/mol. The molecule has 0 saturated heterocycles.